The number of hydrogen-bond acceptors (Lipinski definition) is 4. The zero-order valence-electron chi connectivity index (χ0n) is 12.4. The summed E-state index contributed by atoms with van der Waals surface area (Å²) in [6.07, 6.45) is 3.65. The minimum Gasteiger partial charge on any atom is -0.361 e. The van der Waals surface area contributed by atoms with Crippen molar-refractivity contribution in [1.82, 2.24) is 24.3 Å². The lowest BCUT2D eigenvalue weighted by molar-refractivity contribution is 0.510. The minimum absolute atomic E-state index is 0.000352. The average molecular weight is 319 g/mol. The SMILES string of the molecule is CN(C)S(=O)(=O)CCn1cc(-c2ccc3[nH]ccc3c2)nn1. The molecule has 0 bridgehead atoms. The van der Waals surface area contributed by atoms with Crippen molar-refractivity contribution in [2.45, 2.75) is 6.54 Å². The van der Waals surface area contributed by atoms with Crippen molar-refractivity contribution in [2.75, 3.05) is 19.8 Å². The third-order valence-electron chi connectivity index (χ3n) is 3.52. The first-order chi connectivity index (χ1) is 10.5. The van der Waals surface area contributed by atoms with E-state index >= 15 is 0 Å². The van der Waals surface area contributed by atoms with Crippen molar-refractivity contribution in [2.24, 2.45) is 0 Å². The molecular formula is C14H17N5O2S. The van der Waals surface area contributed by atoms with Gasteiger partial charge < -0.3 is 4.98 Å². The van der Waals surface area contributed by atoms with E-state index in [1.165, 1.54) is 18.4 Å². The summed E-state index contributed by atoms with van der Waals surface area (Å²) in [5.74, 6) is -0.000352. The molecule has 1 aromatic carbocycles. The Morgan fingerprint density at radius 2 is 2.09 bits per heavy atom. The Hall–Kier alpha value is -2.19. The maximum absolute atomic E-state index is 11.8. The number of rotatable bonds is 5. The minimum atomic E-state index is -3.23. The summed E-state index contributed by atoms with van der Waals surface area (Å²) >= 11 is 0. The van der Waals surface area contributed by atoms with E-state index in [-0.39, 0.29) is 12.3 Å². The molecule has 2 aromatic heterocycles. The van der Waals surface area contributed by atoms with Crippen molar-refractivity contribution in [3.8, 4) is 11.3 Å². The molecular weight excluding hydrogens is 302 g/mol. The van der Waals surface area contributed by atoms with Gasteiger partial charge in [0.15, 0.2) is 0 Å². The molecule has 1 N–H and O–H groups in total. The molecule has 0 saturated heterocycles. The zero-order chi connectivity index (χ0) is 15.7. The second-order valence-electron chi connectivity index (χ2n) is 5.24. The van der Waals surface area contributed by atoms with Crippen LogP contribution in [0.1, 0.15) is 0 Å². The highest BCUT2D eigenvalue weighted by Gasteiger charge is 2.14. The van der Waals surface area contributed by atoms with Gasteiger partial charge >= 0.3 is 0 Å². The number of aryl methyl sites for hydroxylation is 1. The molecule has 7 nitrogen and oxygen atoms in total. The molecule has 3 aromatic rings. The second kappa shape index (κ2) is 5.54. The molecule has 0 unspecified atom stereocenters. The lowest BCUT2D eigenvalue weighted by atomic mass is 10.1. The fourth-order valence-corrected chi connectivity index (χ4v) is 2.93. The van der Waals surface area contributed by atoms with E-state index in [1.807, 2.05) is 30.5 Å². The van der Waals surface area contributed by atoms with Crippen LogP contribution in [0.5, 0.6) is 0 Å². The van der Waals surface area contributed by atoms with Gasteiger partial charge in [-0.05, 0) is 18.2 Å². The lowest BCUT2D eigenvalue weighted by Gasteiger charge is -2.10. The van der Waals surface area contributed by atoms with Crippen molar-refractivity contribution < 1.29 is 8.42 Å². The van der Waals surface area contributed by atoms with Crippen LogP contribution in [0.15, 0.2) is 36.7 Å². The number of benzene rings is 1. The van der Waals surface area contributed by atoms with Gasteiger partial charge in [-0.25, -0.2) is 12.7 Å². The molecule has 0 radical (unpaired) electrons. The summed E-state index contributed by atoms with van der Waals surface area (Å²) < 4.78 is 26.3. The topological polar surface area (TPSA) is 83.9 Å². The van der Waals surface area contributed by atoms with E-state index < -0.39 is 10.0 Å². The third-order valence-corrected chi connectivity index (χ3v) is 5.33. The molecule has 0 aliphatic carbocycles. The summed E-state index contributed by atoms with van der Waals surface area (Å²) in [4.78, 5) is 3.14. The standard InChI is InChI=1S/C14H17N5O2S/c1-18(2)22(20,21)8-7-19-10-14(16-17-19)11-3-4-13-12(9-11)5-6-15-13/h3-6,9-10,15H,7-8H2,1-2H3. The predicted octanol–water partition coefficient (Wildman–Crippen LogP) is 1.32. The molecule has 0 aliphatic heterocycles. The zero-order valence-corrected chi connectivity index (χ0v) is 13.2. The Bertz CT molecular complexity index is 895. The Kier molecular flexibility index (Phi) is 3.71. The third kappa shape index (κ3) is 2.88. The highest BCUT2D eigenvalue weighted by atomic mass is 32.2. The van der Waals surface area contributed by atoms with Gasteiger partial charge in [-0.15, -0.1) is 5.10 Å². The van der Waals surface area contributed by atoms with Crippen LogP contribution in [0.3, 0.4) is 0 Å². The molecule has 2 heterocycles. The van der Waals surface area contributed by atoms with Crippen LogP contribution in [-0.2, 0) is 16.6 Å². The van der Waals surface area contributed by atoms with Crippen LogP contribution >= 0.6 is 0 Å². The maximum atomic E-state index is 11.8. The number of aromatic amines is 1. The van der Waals surface area contributed by atoms with E-state index in [4.69, 9.17) is 0 Å². The van der Waals surface area contributed by atoms with E-state index in [9.17, 15) is 8.42 Å². The summed E-state index contributed by atoms with van der Waals surface area (Å²) in [6, 6.07) is 7.97. The first-order valence-corrected chi connectivity index (χ1v) is 8.44. The molecule has 0 amide bonds. The fraction of sp³-hybridized carbons (Fsp3) is 0.286. The summed E-state index contributed by atoms with van der Waals surface area (Å²) in [5, 5.41) is 9.22. The average Bonchev–Trinajstić information content (AvgIpc) is 3.13. The molecule has 3 rings (SSSR count). The fourth-order valence-electron chi connectivity index (χ4n) is 2.14. The lowest BCUT2D eigenvalue weighted by Crippen LogP contribution is -2.27. The van der Waals surface area contributed by atoms with Crippen LogP contribution in [0.4, 0.5) is 0 Å². The van der Waals surface area contributed by atoms with Crippen LogP contribution in [0.2, 0.25) is 0 Å². The second-order valence-corrected chi connectivity index (χ2v) is 7.55. The van der Waals surface area contributed by atoms with Gasteiger partial charge in [0.05, 0.1) is 18.5 Å². The van der Waals surface area contributed by atoms with Crippen LogP contribution in [0.25, 0.3) is 22.2 Å². The van der Waals surface area contributed by atoms with Gasteiger partial charge in [-0.2, -0.15) is 0 Å². The summed E-state index contributed by atoms with van der Waals surface area (Å²) in [7, 11) is -0.188. The van der Waals surface area contributed by atoms with E-state index in [2.05, 4.69) is 15.3 Å². The smallest absolute Gasteiger partial charge is 0.215 e. The monoisotopic (exact) mass is 319 g/mol. The predicted molar refractivity (Wildman–Crippen MR) is 84.8 cm³/mol. The first-order valence-electron chi connectivity index (χ1n) is 6.83. The summed E-state index contributed by atoms with van der Waals surface area (Å²) in [6.45, 7) is 0.278. The van der Waals surface area contributed by atoms with Gasteiger partial charge in [0, 0.05) is 36.8 Å². The van der Waals surface area contributed by atoms with Crippen molar-refractivity contribution in [3.63, 3.8) is 0 Å². The number of sulfonamides is 1. The quantitative estimate of drug-likeness (QED) is 0.768. The Labute approximate surface area is 128 Å². The van der Waals surface area contributed by atoms with Crippen molar-refractivity contribution in [1.29, 1.82) is 0 Å². The molecule has 22 heavy (non-hydrogen) atoms. The van der Waals surface area contributed by atoms with Gasteiger partial charge in [-0.1, -0.05) is 11.3 Å². The Morgan fingerprint density at radius 1 is 1.27 bits per heavy atom. The van der Waals surface area contributed by atoms with Gasteiger partial charge in [0.1, 0.15) is 5.69 Å². The highest BCUT2D eigenvalue weighted by Crippen LogP contribution is 2.21. The van der Waals surface area contributed by atoms with Crippen molar-refractivity contribution in [3.05, 3.63) is 36.7 Å². The number of fused-ring (bicyclic) bond motifs is 1. The van der Waals surface area contributed by atoms with Gasteiger partial charge in [-0.3, -0.25) is 4.68 Å². The number of nitrogens with one attached hydrogen (secondary N) is 1. The Morgan fingerprint density at radius 3 is 2.86 bits per heavy atom. The van der Waals surface area contributed by atoms with Gasteiger partial charge in [0.2, 0.25) is 10.0 Å². The van der Waals surface area contributed by atoms with E-state index in [1.54, 1.807) is 10.9 Å². The van der Waals surface area contributed by atoms with Crippen LogP contribution in [-0.4, -0.2) is 52.5 Å². The van der Waals surface area contributed by atoms with Gasteiger partial charge in [0.25, 0.3) is 0 Å². The van der Waals surface area contributed by atoms with E-state index in [0.717, 1.165) is 22.2 Å². The molecule has 0 fully saturated rings. The number of aromatic nitrogens is 4. The summed E-state index contributed by atoms with van der Waals surface area (Å²) in [5.41, 5.74) is 2.74. The largest absolute Gasteiger partial charge is 0.361 e. The highest BCUT2D eigenvalue weighted by molar-refractivity contribution is 7.89. The molecule has 0 spiro atoms. The molecule has 0 saturated carbocycles. The van der Waals surface area contributed by atoms with E-state index in [0.29, 0.717) is 0 Å². The molecule has 0 aliphatic rings. The number of hydrogen-bond donors (Lipinski definition) is 1. The first kappa shape index (κ1) is 14.7. The molecule has 0 atom stereocenters. The number of H-pyrrole nitrogens is 1. The maximum Gasteiger partial charge on any atom is 0.215 e. The van der Waals surface area contributed by atoms with Crippen molar-refractivity contribution >= 4 is 20.9 Å². The number of nitrogens with zero attached hydrogens (tertiary/aromatic N) is 4. The normalized spacial score (nSPS) is 12.3. The molecule has 116 valence electrons. The van der Waals surface area contributed by atoms with Crippen LogP contribution < -0.4 is 0 Å². The van der Waals surface area contributed by atoms with Crippen LogP contribution in [0, 0.1) is 0 Å². The molecule has 8 heteroatoms. The Balaban J connectivity index is 1.78.